The van der Waals surface area contributed by atoms with Crippen molar-refractivity contribution >= 4 is 29.9 Å². The Hall–Kier alpha value is -1.96. The second-order valence-corrected chi connectivity index (χ2v) is 5.41. The molecule has 136 valence electrons. The summed E-state index contributed by atoms with van der Waals surface area (Å²) in [4.78, 5) is 4.62. The molecule has 1 heterocycles. The van der Waals surface area contributed by atoms with Gasteiger partial charge in [0.1, 0.15) is 11.5 Å². The first-order chi connectivity index (χ1) is 11.7. The molecular weight excluding hydrogens is 429 g/mol. The number of aryl methyl sites for hydroxylation is 1. The quantitative estimate of drug-likeness (QED) is 0.276. The lowest BCUT2D eigenvalue weighted by Crippen LogP contribution is -2.38. The molecule has 6 heteroatoms. The van der Waals surface area contributed by atoms with Crippen molar-refractivity contribution in [2.45, 2.75) is 19.9 Å². The zero-order chi connectivity index (χ0) is 17.2. The molecular formula is C19H26IN3O2. The lowest BCUT2D eigenvalue weighted by Gasteiger charge is -2.12. The third kappa shape index (κ3) is 7.21. The fraction of sp³-hybridized carbons (Fsp3) is 0.316. The number of aliphatic imine (C=N–C) groups is 1. The molecule has 0 unspecified atom stereocenters. The second-order valence-electron chi connectivity index (χ2n) is 5.41. The molecule has 2 N–H and O–H groups in total. The van der Waals surface area contributed by atoms with E-state index in [2.05, 4.69) is 28.3 Å². The van der Waals surface area contributed by atoms with Crippen LogP contribution in [-0.4, -0.2) is 26.2 Å². The van der Waals surface area contributed by atoms with E-state index in [0.29, 0.717) is 13.1 Å². The predicted molar refractivity (Wildman–Crippen MR) is 113 cm³/mol. The molecule has 0 bridgehead atoms. The standard InChI is InChI=1S/C19H25N3O2.HI/c1-4-10-20-19(21-11-9-17-6-5-12-24-17)22-14-16-8-7-15(2)13-18(16)23-3;/h4-8,12-13H,1,9-11,14H2,2-3H3,(H2,20,21,22);1H. The van der Waals surface area contributed by atoms with E-state index in [4.69, 9.17) is 9.15 Å². The normalized spacial score (nSPS) is 10.7. The molecule has 0 atom stereocenters. The maximum absolute atomic E-state index is 5.43. The van der Waals surface area contributed by atoms with E-state index >= 15 is 0 Å². The first-order valence-electron chi connectivity index (χ1n) is 8.02. The van der Waals surface area contributed by atoms with Gasteiger partial charge in [0.15, 0.2) is 5.96 Å². The molecule has 0 spiro atoms. The zero-order valence-corrected chi connectivity index (χ0v) is 17.1. The number of guanidine groups is 1. The van der Waals surface area contributed by atoms with Crippen molar-refractivity contribution in [3.8, 4) is 5.75 Å². The maximum Gasteiger partial charge on any atom is 0.191 e. The minimum atomic E-state index is 0. The Morgan fingerprint density at radius 2 is 2.16 bits per heavy atom. The maximum atomic E-state index is 5.43. The number of hydrogen-bond donors (Lipinski definition) is 2. The third-order valence-electron chi connectivity index (χ3n) is 3.51. The van der Waals surface area contributed by atoms with Crippen molar-refractivity contribution < 1.29 is 9.15 Å². The van der Waals surface area contributed by atoms with Crippen LogP contribution in [0.1, 0.15) is 16.9 Å². The van der Waals surface area contributed by atoms with Crippen LogP contribution in [0.2, 0.25) is 0 Å². The van der Waals surface area contributed by atoms with Gasteiger partial charge in [-0.25, -0.2) is 4.99 Å². The van der Waals surface area contributed by atoms with Gasteiger partial charge < -0.3 is 19.8 Å². The van der Waals surface area contributed by atoms with Gasteiger partial charge in [0.2, 0.25) is 0 Å². The van der Waals surface area contributed by atoms with Crippen LogP contribution in [0.5, 0.6) is 5.75 Å². The van der Waals surface area contributed by atoms with Crippen LogP contribution in [-0.2, 0) is 13.0 Å². The molecule has 2 aromatic rings. The number of methoxy groups -OCH3 is 1. The van der Waals surface area contributed by atoms with Crippen LogP contribution in [0.4, 0.5) is 0 Å². The summed E-state index contributed by atoms with van der Waals surface area (Å²) < 4.78 is 10.8. The third-order valence-corrected chi connectivity index (χ3v) is 3.51. The summed E-state index contributed by atoms with van der Waals surface area (Å²) >= 11 is 0. The molecule has 1 aromatic carbocycles. The fourth-order valence-corrected chi connectivity index (χ4v) is 2.25. The predicted octanol–water partition coefficient (Wildman–Crippen LogP) is 3.68. The number of rotatable bonds is 8. The number of furan rings is 1. The van der Waals surface area contributed by atoms with Crippen molar-refractivity contribution in [2.24, 2.45) is 4.99 Å². The molecule has 1 aromatic heterocycles. The molecule has 25 heavy (non-hydrogen) atoms. The molecule has 0 aliphatic heterocycles. The van der Waals surface area contributed by atoms with Crippen LogP contribution < -0.4 is 15.4 Å². The largest absolute Gasteiger partial charge is 0.496 e. The Kier molecular flexibility index (Phi) is 9.76. The molecule has 0 saturated carbocycles. The van der Waals surface area contributed by atoms with E-state index in [-0.39, 0.29) is 24.0 Å². The van der Waals surface area contributed by atoms with Gasteiger partial charge in [-0.05, 0) is 30.7 Å². The SMILES string of the molecule is C=CCNC(=NCc1ccc(C)cc1OC)NCCc1ccco1.I. The first kappa shape index (κ1) is 21.1. The monoisotopic (exact) mass is 455 g/mol. The summed E-state index contributed by atoms with van der Waals surface area (Å²) in [6, 6.07) is 9.99. The van der Waals surface area contributed by atoms with Crippen LogP contribution in [0, 0.1) is 6.92 Å². The average Bonchev–Trinajstić information content (AvgIpc) is 3.11. The summed E-state index contributed by atoms with van der Waals surface area (Å²) in [7, 11) is 1.68. The van der Waals surface area contributed by atoms with Gasteiger partial charge in [-0.1, -0.05) is 18.2 Å². The minimum Gasteiger partial charge on any atom is -0.496 e. The molecule has 2 rings (SSSR count). The number of halogens is 1. The van der Waals surface area contributed by atoms with Crippen molar-refractivity contribution in [1.82, 2.24) is 10.6 Å². The van der Waals surface area contributed by atoms with E-state index in [1.807, 2.05) is 31.2 Å². The Morgan fingerprint density at radius 3 is 2.84 bits per heavy atom. The van der Waals surface area contributed by atoms with Gasteiger partial charge >= 0.3 is 0 Å². The highest BCUT2D eigenvalue weighted by Crippen LogP contribution is 2.20. The van der Waals surface area contributed by atoms with E-state index < -0.39 is 0 Å². The molecule has 0 saturated heterocycles. The molecule has 0 aliphatic rings. The van der Waals surface area contributed by atoms with Crippen molar-refractivity contribution in [2.75, 3.05) is 20.2 Å². The Bertz CT molecular complexity index is 669. The number of nitrogens with one attached hydrogen (secondary N) is 2. The van der Waals surface area contributed by atoms with Crippen molar-refractivity contribution in [1.29, 1.82) is 0 Å². The Balaban J connectivity index is 0.00000312. The molecule has 0 fully saturated rings. The summed E-state index contributed by atoms with van der Waals surface area (Å²) in [5.74, 6) is 2.55. The van der Waals surface area contributed by atoms with E-state index in [0.717, 1.165) is 36.0 Å². The zero-order valence-electron chi connectivity index (χ0n) is 14.7. The average molecular weight is 455 g/mol. The summed E-state index contributed by atoms with van der Waals surface area (Å²) in [6.07, 6.45) is 4.29. The van der Waals surface area contributed by atoms with Crippen molar-refractivity contribution in [3.63, 3.8) is 0 Å². The smallest absolute Gasteiger partial charge is 0.191 e. The van der Waals surface area contributed by atoms with Gasteiger partial charge in [-0.2, -0.15) is 0 Å². The van der Waals surface area contributed by atoms with Gasteiger partial charge in [0.05, 0.1) is 19.9 Å². The first-order valence-corrected chi connectivity index (χ1v) is 8.02. The number of benzene rings is 1. The van der Waals surface area contributed by atoms with Crippen molar-refractivity contribution in [3.05, 3.63) is 66.1 Å². The molecule has 0 aliphatic carbocycles. The summed E-state index contributed by atoms with van der Waals surface area (Å²) in [5.41, 5.74) is 2.22. The lowest BCUT2D eigenvalue weighted by molar-refractivity contribution is 0.409. The highest BCUT2D eigenvalue weighted by atomic mass is 127. The summed E-state index contributed by atoms with van der Waals surface area (Å²) in [6.45, 7) is 7.70. The number of ether oxygens (including phenoxy) is 1. The lowest BCUT2D eigenvalue weighted by atomic mass is 10.1. The van der Waals surface area contributed by atoms with E-state index in [1.165, 1.54) is 5.56 Å². The molecule has 0 radical (unpaired) electrons. The number of hydrogen-bond acceptors (Lipinski definition) is 3. The Morgan fingerprint density at radius 1 is 1.32 bits per heavy atom. The topological polar surface area (TPSA) is 58.8 Å². The molecule has 0 amide bonds. The van der Waals surface area contributed by atoms with Crippen LogP contribution >= 0.6 is 24.0 Å². The van der Waals surface area contributed by atoms with Crippen LogP contribution in [0.15, 0.2) is 58.7 Å². The van der Waals surface area contributed by atoms with Gasteiger partial charge in [-0.15, -0.1) is 30.6 Å². The minimum absolute atomic E-state index is 0. The molecule has 5 nitrogen and oxygen atoms in total. The Labute approximate surface area is 166 Å². The van der Waals surface area contributed by atoms with Gasteiger partial charge in [0.25, 0.3) is 0 Å². The van der Waals surface area contributed by atoms with Gasteiger partial charge in [0, 0.05) is 25.1 Å². The fourth-order valence-electron chi connectivity index (χ4n) is 2.25. The van der Waals surface area contributed by atoms with E-state index in [1.54, 1.807) is 19.4 Å². The van der Waals surface area contributed by atoms with E-state index in [9.17, 15) is 0 Å². The summed E-state index contributed by atoms with van der Waals surface area (Å²) in [5, 5.41) is 6.52. The van der Waals surface area contributed by atoms with Crippen LogP contribution in [0.3, 0.4) is 0 Å². The highest BCUT2D eigenvalue weighted by molar-refractivity contribution is 14.0. The van der Waals surface area contributed by atoms with Gasteiger partial charge in [-0.3, -0.25) is 0 Å². The highest BCUT2D eigenvalue weighted by Gasteiger charge is 2.04. The second kappa shape index (κ2) is 11.6. The number of nitrogens with zero attached hydrogens (tertiary/aromatic N) is 1. The van der Waals surface area contributed by atoms with Crippen LogP contribution in [0.25, 0.3) is 0 Å².